The van der Waals surface area contributed by atoms with Crippen LogP contribution in [-0.2, 0) is 6.42 Å². The second-order valence-electron chi connectivity index (χ2n) is 13.5. The van der Waals surface area contributed by atoms with Crippen molar-refractivity contribution in [3.63, 3.8) is 0 Å². The lowest BCUT2D eigenvalue weighted by Gasteiger charge is -2.53. The zero-order chi connectivity index (χ0) is 31.8. The number of fused-ring (bicyclic) bond motifs is 5. The molecule has 4 rings (SSSR count). The van der Waals surface area contributed by atoms with Gasteiger partial charge in [-0.1, -0.05) is 77.2 Å². The standard InChI is InChI=1S/C32H47F5O2S5/c1-30-19-17-26-25-14-13-24(38)21-23(25)20-22(29(26)27(30)15-16-28(30)39)12-10-8-6-4-2-3-5-7-9-11-18-31(40-33,41-34)32(42-35,43-36)44-37/h13-14,21-22,26-29,38-39H,2-12,15-20H2,1H3/t22-,26-,27+,28+,29-,30+/m1/s1. The van der Waals surface area contributed by atoms with Gasteiger partial charge in [0.15, 0.2) is 4.08 Å². The molecule has 1 aromatic rings. The van der Waals surface area contributed by atoms with Crippen LogP contribution < -0.4 is 0 Å². The summed E-state index contributed by atoms with van der Waals surface area (Å²) in [7, 11) is 0. The van der Waals surface area contributed by atoms with Crippen molar-refractivity contribution in [1.82, 2.24) is 0 Å². The molecule has 2 N–H and O–H groups in total. The average Bonchev–Trinajstić information content (AvgIpc) is 3.34. The van der Waals surface area contributed by atoms with E-state index in [1.807, 2.05) is 12.1 Å². The van der Waals surface area contributed by atoms with E-state index in [-0.39, 0.29) is 17.9 Å². The lowest BCUT2D eigenvalue weighted by atomic mass is 9.52. The van der Waals surface area contributed by atoms with E-state index in [0.29, 0.717) is 42.3 Å². The number of aliphatic hydroxyl groups excluding tert-OH is 1. The van der Waals surface area contributed by atoms with Gasteiger partial charge in [0.25, 0.3) is 0 Å². The number of unbranched alkanes of at least 4 members (excludes halogenated alkanes) is 9. The van der Waals surface area contributed by atoms with E-state index in [0.717, 1.165) is 64.2 Å². The maximum atomic E-state index is 13.6. The normalized spacial score (nSPS) is 28.5. The van der Waals surface area contributed by atoms with E-state index in [1.54, 1.807) is 0 Å². The quantitative estimate of drug-likeness (QED) is 0.0838. The summed E-state index contributed by atoms with van der Waals surface area (Å²) in [5.41, 5.74) is 2.78. The predicted molar refractivity (Wildman–Crippen MR) is 182 cm³/mol. The van der Waals surface area contributed by atoms with Gasteiger partial charge in [-0.05, 0) is 97.3 Å². The van der Waals surface area contributed by atoms with Gasteiger partial charge in [0.05, 0.1) is 66.8 Å². The highest BCUT2D eigenvalue weighted by Crippen LogP contribution is 2.67. The first kappa shape index (κ1) is 37.2. The molecular formula is C32H47F5O2S5. The summed E-state index contributed by atoms with van der Waals surface area (Å²) in [5, 5.41) is 21.1. The molecule has 3 aliphatic carbocycles. The third-order valence-corrected chi connectivity index (χ3v) is 16.6. The van der Waals surface area contributed by atoms with Crippen molar-refractivity contribution >= 4 is 60.7 Å². The molecule has 6 atom stereocenters. The van der Waals surface area contributed by atoms with E-state index in [2.05, 4.69) is 13.0 Å². The number of hydrogen-bond acceptors (Lipinski definition) is 7. The van der Waals surface area contributed by atoms with Crippen LogP contribution in [0, 0.1) is 23.2 Å². The van der Waals surface area contributed by atoms with E-state index < -0.39 is 68.2 Å². The minimum absolute atomic E-state index is 0.0361. The smallest absolute Gasteiger partial charge is 0.228 e. The zero-order valence-corrected chi connectivity index (χ0v) is 29.5. The Bertz CT molecular complexity index is 1020. The Morgan fingerprint density at radius 3 is 1.98 bits per heavy atom. The number of aromatic hydroxyl groups is 1. The van der Waals surface area contributed by atoms with Crippen LogP contribution in [0.25, 0.3) is 0 Å². The highest BCUT2D eigenvalue weighted by Gasteiger charge is 2.60. The minimum atomic E-state index is -2.53. The molecule has 3 aliphatic rings. The van der Waals surface area contributed by atoms with E-state index in [4.69, 9.17) is 0 Å². The molecule has 44 heavy (non-hydrogen) atoms. The fourth-order valence-corrected chi connectivity index (χ4v) is 11.6. The zero-order valence-electron chi connectivity index (χ0n) is 25.5. The Morgan fingerprint density at radius 2 is 1.39 bits per heavy atom. The van der Waals surface area contributed by atoms with Crippen LogP contribution >= 0.6 is 60.7 Å². The van der Waals surface area contributed by atoms with E-state index in [1.165, 1.54) is 36.8 Å². The SMILES string of the molecule is C[C@]12CC[C@@H]3c4ccc(O)cc4C[C@@H](CCCCCCCCCCCCC(SF)(SF)C(SF)(SF)SF)[C@H]3[C@@H]1CC[C@@H]2O. The van der Waals surface area contributed by atoms with Crippen molar-refractivity contribution in [2.45, 2.75) is 136 Å². The van der Waals surface area contributed by atoms with Crippen LogP contribution in [-0.4, -0.2) is 23.8 Å². The summed E-state index contributed by atoms with van der Waals surface area (Å²) in [6, 6.07) is 5.98. The molecule has 2 saturated carbocycles. The average molecular weight is 719 g/mol. The van der Waals surface area contributed by atoms with Crippen LogP contribution in [0.4, 0.5) is 19.4 Å². The van der Waals surface area contributed by atoms with E-state index >= 15 is 0 Å². The highest BCUT2D eigenvalue weighted by atomic mass is 32.3. The van der Waals surface area contributed by atoms with Gasteiger partial charge in [-0.3, -0.25) is 0 Å². The molecule has 0 bridgehead atoms. The number of phenols is 1. The van der Waals surface area contributed by atoms with Crippen LogP contribution in [0.3, 0.4) is 0 Å². The van der Waals surface area contributed by atoms with Gasteiger partial charge in [-0.15, -0.1) is 0 Å². The monoisotopic (exact) mass is 718 g/mol. The molecule has 0 radical (unpaired) electrons. The number of rotatable bonds is 19. The molecule has 252 valence electrons. The third-order valence-electron chi connectivity index (χ3n) is 11.2. The van der Waals surface area contributed by atoms with Gasteiger partial charge < -0.3 is 10.2 Å². The lowest BCUT2D eigenvalue weighted by molar-refractivity contribution is -0.0396. The van der Waals surface area contributed by atoms with Gasteiger partial charge in [0.1, 0.15) is 5.75 Å². The number of phenolic OH excluding ortho intramolecular Hbond substituents is 1. The molecule has 12 heteroatoms. The maximum absolute atomic E-state index is 13.6. The third kappa shape index (κ3) is 7.81. The number of aliphatic hydroxyl groups is 1. The molecule has 0 saturated heterocycles. The summed E-state index contributed by atoms with van der Waals surface area (Å²) in [6.45, 7) is 2.32. The molecule has 0 aromatic heterocycles. The molecule has 0 spiro atoms. The predicted octanol–water partition coefficient (Wildman–Crippen LogP) is 13.0. The molecule has 0 amide bonds. The van der Waals surface area contributed by atoms with Gasteiger partial charge in [0, 0.05) is 0 Å². The lowest BCUT2D eigenvalue weighted by Crippen LogP contribution is -2.47. The van der Waals surface area contributed by atoms with Crippen molar-refractivity contribution in [3.05, 3.63) is 29.3 Å². The van der Waals surface area contributed by atoms with Gasteiger partial charge >= 0.3 is 0 Å². The molecule has 1 aromatic carbocycles. The van der Waals surface area contributed by atoms with Crippen molar-refractivity contribution in [1.29, 1.82) is 0 Å². The van der Waals surface area contributed by atoms with Crippen molar-refractivity contribution in [2.24, 2.45) is 23.2 Å². The fraction of sp³-hybridized carbons (Fsp3) is 0.812. The Hall–Kier alpha value is 0.380. The fourth-order valence-electron chi connectivity index (χ4n) is 8.76. The van der Waals surface area contributed by atoms with Gasteiger partial charge in [0.2, 0.25) is 3.41 Å². The van der Waals surface area contributed by atoms with Gasteiger partial charge in [-0.2, -0.15) is 19.4 Å². The topological polar surface area (TPSA) is 40.5 Å². The Labute approximate surface area is 282 Å². The van der Waals surface area contributed by atoms with Crippen LogP contribution in [0.5, 0.6) is 5.75 Å². The summed E-state index contributed by atoms with van der Waals surface area (Å²) in [4.78, 5) is 0. The second kappa shape index (κ2) is 17.2. The molecule has 0 aliphatic heterocycles. The Kier molecular flexibility index (Phi) is 14.5. The number of hydrogen-bond donors (Lipinski definition) is 2. The summed E-state index contributed by atoms with van der Waals surface area (Å²) in [5.74, 6) is 2.66. The van der Waals surface area contributed by atoms with Crippen molar-refractivity contribution in [2.75, 3.05) is 0 Å². The summed E-state index contributed by atoms with van der Waals surface area (Å²) < 4.78 is 62.5. The largest absolute Gasteiger partial charge is 0.508 e. The minimum Gasteiger partial charge on any atom is -0.508 e. The Morgan fingerprint density at radius 1 is 0.795 bits per heavy atom. The first-order valence-corrected chi connectivity index (χ1v) is 19.8. The molecule has 2 fully saturated rings. The first-order valence-electron chi connectivity index (χ1n) is 16.2. The molecule has 0 heterocycles. The summed E-state index contributed by atoms with van der Waals surface area (Å²) in [6.07, 6.45) is 15.9. The van der Waals surface area contributed by atoms with Crippen LogP contribution in [0.1, 0.15) is 127 Å². The molecular weight excluding hydrogens is 672 g/mol. The second-order valence-corrected chi connectivity index (χ2v) is 18.6. The Balaban J connectivity index is 1.15. The first-order chi connectivity index (χ1) is 21.2. The molecule has 0 unspecified atom stereocenters. The van der Waals surface area contributed by atoms with Crippen molar-refractivity contribution in [3.8, 4) is 5.75 Å². The molecule has 2 nitrogen and oxygen atoms in total. The van der Waals surface area contributed by atoms with Crippen molar-refractivity contribution < 1.29 is 29.6 Å². The van der Waals surface area contributed by atoms with Gasteiger partial charge in [-0.25, -0.2) is 0 Å². The number of halogens is 5. The summed E-state index contributed by atoms with van der Waals surface area (Å²) >= 11 is -3.12. The van der Waals surface area contributed by atoms with Crippen LogP contribution in [0.15, 0.2) is 18.2 Å². The maximum Gasteiger partial charge on any atom is 0.228 e. The van der Waals surface area contributed by atoms with E-state index in [9.17, 15) is 29.6 Å². The highest BCUT2D eigenvalue weighted by molar-refractivity contribution is 8.32. The van der Waals surface area contributed by atoms with Crippen LogP contribution in [0.2, 0.25) is 0 Å². The number of benzene rings is 1.